The van der Waals surface area contributed by atoms with Crippen LogP contribution in [0.15, 0.2) is 36.5 Å². The highest BCUT2D eigenvalue weighted by atomic mass is 15.3. The molecule has 2 nitrogen and oxygen atoms in total. The van der Waals surface area contributed by atoms with Crippen LogP contribution in [0.25, 0.3) is 5.69 Å². The Morgan fingerprint density at radius 3 is 2.64 bits per heavy atom. The summed E-state index contributed by atoms with van der Waals surface area (Å²) in [7, 11) is 0. The van der Waals surface area contributed by atoms with Crippen LogP contribution in [0, 0.1) is 19.3 Å². The number of hydrogen-bond donors (Lipinski definition) is 0. The van der Waals surface area contributed by atoms with Gasteiger partial charge in [0.2, 0.25) is 0 Å². The summed E-state index contributed by atoms with van der Waals surface area (Å²) in [6, 6.07) is 9.86. The lowest BCUT2D eigenvalue weighted by atomic mass is 10.2. The fourth-order valence-electron chi connectivity index (χ4n) is 1.37. The van der Waals surface area contributed by atoms with Crippen LogP contribution in [0.3, 0.4) is 0 Å². The molecule has 0 unspecified atom stereocenters. The molecule has 0 N–H and O–H groups in total. The van der Waals surface area contributed by atoms with Crippen LogP contribution in [0.5, 0.6) is 0 Å². The van der Waals surface area contributed by atoms with Gasteiger partial charge in [-0.15, -0.1) is 6.42 Å². The minimum absolute atomic E-state index is 0.816. The molecule has 2 aromatic rings. The molecule has 1 aromatic heterocycles. The number of benzene rings is 1. The monoisotopic (exact) mass is 182 g/mol. The molecule has 0 spiro atoms. The van der Waals surface area contributed by atoms with E-state index in [4.69, 9.17) is 6.42 Å². The first-order chi connectivity index (χ1) is 6.83. The molecule has 2 rings (SSSR count). The molecule has 0 saturated heterocycles. The van der Waals surface area contributed by atoms with Gasteiger partial charge in [-0.3, -0.25) is 0 Å². The van der Waals surface area contributed by atoms with Gasteiger partial charge < -0.3 is 0 Å². The van der Waals surface area contributed by atoms with E-state index < -0.39 is 0 Å². The van der Waals surface area contributed by atoms with Gasteiger partial charge in [0.15, 0.2) is 0 Å². The van der Waals surface area contributed by atoms with Crippen LogP contribution in [0.4, 0.5) is 0 Å². The Balaban J connectivity index is 2.59. The molecular weight excluding hydrogens is 172 g/mol. The average molecular weight is 182 g/mol. The number of nitrogens with zero attached hydrogens (tertiary/aromatic N) is 2. The maximum Gasteiger partial charge on any atom is 0.119 e. The number of aromatic nitrogens is 2. The van der Waals surface area contributed by atoms with Crippen molar-refractivity contribution >= 4 is 0 Å². The van der Waals surface area contributed by atoms with Crippen LogP contribution >= 0.6 is 0 Å². The molecular formula is C12H10N2. The van der Waals surface area contributed by atoms with E-state index in [1.54, 1.807) is 10.9 Å². The first-order valence-electron chi connectivity index (χ1n) is 4.39. The molecule has 68 valence electrons. The third-order valence-electron chi connectivity index (χ3n) is 2.09. The summed E-state index contributed by atoms with van der Waals surface area (Å²) in [6.45, 7) is 1.96. The van der Waals surface area contributed by atoms with E-state index in [9.17, 15) is 0 Å². The molecule has 1 aromatic carbocycles. The van der Waals surface area contributed by atoms with E-state index in [2.05, 4.69) is 11.0 Å². The van der Waals surface area contributed by atoms with E-state index >= 15 is 0 Å². The number of hydrogen-bond acceptors (Lipinski definition) is 1. The largest absolute Gasteiger partial charge is 0.225 e. The Labute approximate surface area is 83.2 Å². The third kappa shape index (κ3) is 1.29. The topological polar surface area (TPSA) is 17.8 Å². The highest BCUT2D eigenvalue weighted by molar-refractivity contribution is 5.41. The van der Waals surface area contributed by atoms with Gasteiger partial charge in [-0.05, 0) is 25.0 Å². The second kappa shape index (κ2) is 3.39. The Bertz CT molecular complexity index is 475. The van der Waals surface area contributed by atoms with Gasteiger partial charge in [0, 0.05) is 5.56 Å². The lowest BCUT2D eigenvalue weighted by Crippen LogP contribution is -1.98. The molecule has 0 radical (unpaired) electrons. The Kier molecular flexibility index (Phi) is 2.08. The minimum Gasteiger partial charge on any atom is -0.225 e. The van der Waals surface area contributed by atoms with Gasteiger partial charge in [0.25, 0.3) is 0 Å². The second-order valence-electron chi connectivity index (χ2n) is 3.07. The molecule has 0 aliphatic carbocycles. The van der Waals surface area contributed by atoms with Gasteiger partial charge >= 0.3 is 0 Å². The van der Waals surface area contributed by atoms with E-state index in [0.29, 0.717) is 0 Å². The summed E-state index contributed by atoms with van der Waals surface area (Å²) < 4.78 is 1.77. The standard InChI is InChI=1S/C12H10N2/c1-3-12-10(2)9-13-14(12)11-7-5-4-6-8-11/h1,4-9H,2H3. The zero-order chi connectivity index (χ0) is 9.97. The lowest BCUT2D eigenvalue weighted by Gasteiger charge is -2.02. The van der Waals surface area contributed by atoms with Gasteiger partial charge in [0.1, 0.15) is 5.69 Å². The van der Waals surface area contributed by atoms with E-state index in [0.717, 1.165) is 16.9 Å². The molecule has 1 heterocycles. The quantitative estimate of drug-likeness (QED) is 0.618. The summed E-state index contributed by atoms with van der Waals surface area (Å²) in [5.74, 6) is 2.64. The van der Waals surface area contributed by atoms with Crippen LogP contribution in [-0.4, -0.2) is 9.78 Å². The van der Waals surface area contributed by atoms with Crippen molar-refractivity contribution in [2.24, 2.45) is 0 Å². The van der Waals surface area contributed by atoms with Crippen molar-refractivity contribution < 1.29 is 0 Å². The zero-order valence-corrected chi connectivity index (χ0v) is 7.94. The van der Waals surface area contributed by atoms with Crippen LogP contribution < -0.4 is 0 Å². The molecule has 0 saturated carbocycles. The average Bonchev–Trinajstić information content (AvgIpc) is 2.61. The third-order valence-corrected chi connectivity index (χ3v) is 2.09. The Hall–Kier alpha value is -2.01. The first kappa shape index (κ1) is 8.58. The van der Waals surface area contributed by atoms with Crippen LogP contribution in [0.1, 0.15) is 11.3 Å². The normalized spacial score (nSPS) is 9.71. The van der Waals surface area contributed by atoms with Crippen molar-refractivity contribution in [2.75, 3.05) is 0 Å². The Morgan fingerprint density at radius 1 is 1.29 bits per heavy atom. The van der Waals surface area contributed by atoms with Crippen molar-refractivity contribution in [3.05, 3.63) is 47.8 Å². The predicted molar refractivity (Wildman–Crippen MR) is 56.2 cm³/mol. The van der Waals surface area contributed by atoms with Crippen molar-refractivity contribution in [1.82, 2.24) is 9.78 Å². The van der Waals surface area contributed by atoms with E-state index in [-0.39, 0.29) is 0 Å². The molecule has 2 heteroatoms. The van der Waals surface area contributed by atoms with E-state index in [1.165, 1.54) is 0 Å². The van der Waals surface area contributed by atoms with Crippen LogP contribution in [-0.2, 0) is 0 Å². The maximum absolute atomic E-state index is 5.42. The highest BCUT2D eigenvalue weighted by Gasteiger charge is 2.05. The smallest absolute Gasteiger partial charge is 0.119 e. The maximum atomic E-state index is 5.42. The van der Waals surface area contributed by atoms with Gasteiger partial charge in [0.05, 0.1) is 11.9 Å². The highest BCUT2D eigenvalue weighted by Crippen LogP contribution is 2.12. The predicted octanol–water partition coefficient (Wildman–Crippen LogP) is 2.16. The number of terminal acetylenes is 1. The summed E-state index contributed by atoms with van der Waals surface area (Å²) in [5.41, 5.74) is 2.83. The second-order valence-corrected chi connectivity index (χ2v) is 3.07. The number of rotatable bonds is 1. The zero-order valence-electron chi connectivity index (χ0n) is 7.94. The number of para-hydroxylation sites is 1. The summed E-state index contributed by atoms with van der Waals surface area (Å²) >= 11 is 0. The summed E-state index contributed by atoms with van der Waals surface area (Å²) in [5, 5.41) is 4.23. The van der Waals surface area contributed by atoms with Crippen molar-refractivity contribution in [1.29, 1.82) is 0 Å². The summed E-state index contributed by atoms with van der Waals surface area (Å²) in [4.78, 5) is 0. The molecule has 14 heavy (non-hydrogen) atoms. The first-order valence-corrected chi connectivity index (χ1v) is 4.39. The van der Waals surface area contributed by atoms with Crippen LogP contribution in [0.2, 0.25) is 0 Å². The van der Waals surface area contributed by atoms with E-state index in [1.807, 2.05) is 37.3 Å². The molecule has 0 aliphatic rings. The summed E-state index contributed by atoms with van der Waals surface area (Å²) in [6.07, 6.45) is 7.20. The molecule has 0 fully saturated rings. The van der Waals surface area contributed by atoms with Gasteiger partial charge in [-0.25, -0.2) is 4.68 Å². The fourth-order valence-corrected chi connectivity index (χ4v) is 1.37. The Morgan fingerprint density at radius 2 is 2.00 bits per heavy atom. The van der Waals surface area contributed by atoms with Gasteiger partial charge in [-0.2, -0.15) is 5.10 Å². The van der Waals surface area contributed by atoms with Gasteiger partial charge in [-0.1, -0.05) is 18.2 Å². The van der Waals surface area contributed by atoms with Crippen molar-refractivity contribution in [3.63, 3.8) is 0 Å². The SMILES string of the molecule is C#Cc1c(C)cnn1-c1ccccc1. The molecule has 0 amide bonds. The lowest BCUT2D eigenvalue weighted by molar-refractivity contribution is 0.868. The number of aryl methyl sites for hydroxylation is 1. The molecule has 0 atom stereocenters. The molecule has 0 aliphatic heterocycles. The molecule has 0 bridgehead atoms. The van der Waals surface area contributed by atoms with Crippen molar-refractivity contribution in [2.45, 2.75) is 6.92 Å². The minimum atomic E-state index is 0.816. The fraction of sp³-hybridized carbons (Fsp3) is 0.0833. The van der Waals surface area contributed by atoms with Crippen molar-refractivity contribution in [3.8, 4) is 18.0 Å².